The Balaban J connectivity index is 1.98. The van der Waals surface area contributed by atoms with Crippen molar-refractivity contribution < 1.29 is 9.59 Å². The molecule has 0 unspecified atom stereocenters. The van der Waals surface area contributed by atoms with Crippen molar-refractivity contribution in [2.45, 2.75) is 40.7 Å². The minimum absolute atomic E-state index is 0.0108. The Bertz CT molecular complexity index is 1400. The number of hydrogen-bond acceptors (Lipinski definition) is 4. The van der Waals surface area contributed by atoms with Crippen LogP contribution in [0.15, 0.2) is 71.4 Å². The van der Waals surface area contributed by atoms with Crippen molar-refractivity contribution in [1.82, 2.24) is 14.7 Å². The molecule has 6 heteroatoms. The fraction of sp³-hybridized carbons (Fsp3) is 0.214. The van der Waals surface area contributed by atoms with Crippen LogP contribution in [0, 0.1) is 25.2 Å². The SMILES string of the molecule is CC1=C(C#N)C(=O)N(C(C)C)C(=O)/C1=C/c1cn(-c2ccccc2)nc1-c1cc(C)ccc1C. The molecule has 0 saturated heterocycles. The summed E-state index contributed by atoms with van der Waals surface area (Å²) in [7, 11) is 0. The molecular formula is C28H26N4O2. The fourth-order valence-electron chi connectivity index (χ4n) is 4.13. The number of aromatic nitrogens is 2. The van der Waals surface area contributed by atoms with Crippen LogP contribution in [0.5, 0.6) is 0 Å². The van der Waals surface area contributed by atoms with E-state index in [1.807, 2.05) is 68.6 Å². The summed E-state index contributed by atoms with van der Waals surface area (Å²) in [5, 5.41) is 14.5. The maximum absolute atomic E-state index is 13.4. The predicted molar refractivity (Wildman–Crippen MR) is 132 cm³/mol. The second-order valence-corrected chi connectivity index (χ2v) is 8.78. The number of aryl methyl sites for hydroxylation is 2. The molecular weight excluding hydrogens is 424 g/mol. The summed E-state index contributed by atoms with van der Waals surface area (Å²) in [6.07, 6.45) is 3.63. The molecule has 2 aromatic carbocycles. The van der Waals surface area contributed by atoms with Crippen molar-refractivity contribution in [2.75, 3.05) is 0 Å². The lowest BCUT2D eigenvalue weighted by atomic mass is 9.92. The second-order valence-electron chi connectivity index (χ2n) is 8.78. The topological polar surface area (TPSA) is 79.0 Å². The highest BCUT2D eigenvalue weighted by molar-refractivity contribution is 6.20. The van der Waals surface area contributed by atoms with Gasteiger partial charge in [-0.05, 0) is 70.0 Å². The van der Waals surface area contributed by atoms with Gasteiger partial charge in [-0.15, -0.1) is 0 Å². The Hall–Kier alpha value is -4.24. The fourth-order valence-corrected chi connectivity index (χ4v) is 4.13. The second kappa shape index (κ2) is 8.95. The zero-order valence-electron chi connectivity index (χ0n) is 20.0. The summed E-state index contributed by atoms with van der Waals surface area (Å²) < 4.78 is 1.78. The van der Waals surface area contributed by atoms with E-state index in [1.165, 1.54) is 0 Å². The zero-order valence-corrected chi connectivity index (χ0v) is 20.0. The average Bonchev–Trinajstić information content (AvgIpc) is 3.22. The molecule has 4 rings (SSSR count). The summed E-state index contributed by atoms with van der Waals surface area (Å²) in [5.74, 6) is -0.956. The Labute approximate surface area is 199 Å². The van der Waals surface area contributed by atoms with E-state index in [4.69, 9.17) is 5.10 Å². The van der Waals surface area contributed by atoms with Crippen LogP contribution in [-0.2, 0) is 9.59 Å². The average molecular weight is 451 g/mol. The third-order valence-corrected chi connectivity index (χ3v) is 6.00. The number of para-hydroxylation sites is 1. The first-order chi connectivity index (χ1) is 16.2. The Morgan fingerprint density at radius 2 is 1.71 bits per heavy atom. The maximum Gasteiger partial charge on any atom is 0.271 e. The Morgan fingerprint density at radius 3 is 2.35 bits per heavy atom. The van der Waals surface area contributed by atoms with Crippen LogP contribution < -0.4 is 0 Å². The number of nitriles is 1. The van der Waals surface area contributed by atoms with Crippen molar-refractivity contribution >= 4 is 17.9 Å². The standard InChI is InChI=1S/C28H26N4O2/c1-17(2)32-27(33)24(20(5)25(15-29)28(32)34)14-21-16-31(22-9-7-6-8-10-22)30-26(21)23-13-18(3)11-12-19(23)4/h6-14,16-17H,1-5H3/b24-14+. The third kappa shape index (κ3) is 3.97. The van der Waals surface area contributed by atoms with Crippen LogP contribution >= 0.6 is 0 Å². The first kappa shape index (κ1) is 22.9. The minimum Gasteiger partial charge on any atom is -0.271 e. The van der Waals surface area contributed by atoms with Crippen molar-refractivity contribution in [1.29, 1.82) is 5.26 Å². The van der Waals surface area contributed by atoms with Crippen molar-refractivity contribution in [3.05, 3.63) is 88.1 Å². The van der Waals surface area contributed by atoms with Crippen LogP contribution in [0.2, 0.25) is 0 Å². The van der Waals surface area contributed by atoms with Gasteiger partial charge in [-0.25, -0.2) is 4.68 Å². The number of carbonyl (C=O) groups excluding carboxylic acids is 2. The summed E-state index contributed by atoms with van der Waals surface area (Å²) >= 11 is 0. The highest BCUT2D eigenvalue weighted by Gasteiger charge is 2.37. The van der Waals surface area contributed by atoms with Gasteiger partial charge in [-0.1, -0.05) is 35.9 Å². The molecule has 34 heavy (non-hydrogen) atoms. The molecule has 0 saturated carbocycles. The number of benzene rings is 2. The van der Waals surface area contributed by atoms with Crippen LogP contribution in [0.3, 0.4) is 0 Å². The zero-order chi connectivity index (χ0) is 24.6. The van der Waals surface area contributed by atoms with E-state index in [-0.39, 0.29) is 11.6 Å². The predicted octanol–water partition coefficient (Wildman–Crippen LogP) is 5.16. The summed E-state index contributed by atoms with van der Waals surface area (Å²) in [6, 6.07) is 17.5. The molecule has 1 aliphatic heterocycles. The molecule has 1 aromatic heterocycles. The van der Waals surface area contributed by atoms with Gasteiger partial charge in [0, 0.05) is 28.9 Å². The highest BCUT2D eigenvalue weighted by atomic mass is 16.2. The molecule has 0 atom stereocenters. The molecule has 1 aliphatic rings. The van der Waals surface area contributed by atoms with Gasteiger partial charge < -0.3 is 0 Å². The van der Waals surface area contributed by atoms with E-state index in [0.29, 0.717) is 11.1 Å². The summed E-state index contributed by atoms with van der Waals surface area (Å²) in [5.41, 5.74) is 6.16. The van der Waals surface area contributed by atoms with Crippen molar-refractivity contribution in [3.8, 4) is 23.0 Å². The van der Waals surface area contributed by atoms with Gasteiger partial charge in [0.25, 0.3) is 11.8 Å². The smallest absolute Gasteiger partial charge is 0.271 e. The number of hydrogen-bond donors (Lipinski definition) is 0. The Morgan fingerprint density at radius 1 is 1.00 bits per heavy atom. The highest BCUT2D eigenvalue weighted by Crippen LogP contribution is 2.33. The molecule has 3 aromatic rings. The van der Waals surface area contributed by atoms with Gasteiger partial charge in [-0.3, -0.25) is 14.5 Å². The van der Waals surface area contributed by atoms with Crippen LogP contribution in [0.25, 0.3) is 23.0 Å². The normalized spacial score (nSPS) is 15.4. The molecule has 6 nitrogen and oxygen atoms in total. The van der Waals surface area contributed by atoms with Gasteiger partial charge in [0.05, 0.1) is 5.69 Å². The van der Waals surface area contributed by atoms with Gasteiger partial charge in [0.2, 0.25) is 0 Å². The molecule has 0 aliphatic carbocycles. The number of amides is 2. The lowest BCUT2D eigenvalue weighted by Gasteiger charge is -2.30. The first-order valence-electron chi connectivity index (χ1n) is 11.2. The molecule has 2 heterocycles. The molecule has 2 amide bonds. The molecule has 0 N–H and O–H groups in total. The lowest BCUT2D eigenvalue weighted by Crippen LogP contribution is -2.46. The van der Waals surface area contributed by atoms with Crippen LogP contribution in [-0.4, -0.2) is 32.5 Å². The summed E-state index contributed by atoms with van der Waals surface area (Å²) in [6.45, 7) is 9.22. The van der Waals surface area contributed by atoms with Crippen LogP contribution in [0.4, 0.5) is 0 Å². The van der Waals surface area contributed by atoms with E-state index >= 15 is 0 Å². The molecule has 0 spiro atoms. The van der Waals surface area contributed by atoms with E-state index in [1.54, 1.807) is 31.5 Å². The number of imide groups is 1. The third-order valence-electron chi connectivity index (χ3n) is 6.00. The number of carbonyl (C=O) groups is 2. The summed E-state index contributed by atoms with van der Waals surface area (Å²) in [4.78, 5) is 27.3. The number of nitrogens with zero attached hydrogens (tertiary/aromatic N) is 4. The lowest BCUT2D eigenvalue weighted by molar-refractivity contribution is -0.142. The van der Waals surface area contributed by atoms with Gasteiger partial charge >= 0.3 is 0 Å². The first-order valence-corrected chi connectivity index (χ1v) is 11.2. The van der Waals surface area contributed by atoms with Gasteiger partial charge in [0.1, 0.15) is 17.3 Å². The van der Waals surface area contributed by atoms with Crippen LogP contribution in [0.1, 0.15) is 37.5 Å². The number of rotatable bonds is 4. The molecule has 0 bridgehead atoms. The molecule has 170 valence electrons. The molecule has 0 radical (unpaired) electrons. The van der Waals surface area contributed by atoms with Gasteiger partial charge in [0.15, 0.2) is 0 Å². The maximum atomic E-state index is 13.4. The minimum atomic E-state index is -0.549. The van der Waals surface area contributed by atoms with Crippen molar-refractivity contribution in [2.24, 2.45) is 0 Å². The van der Waals surface area contributed by atoms with E-state index in [9.17, 15) is 14.9 Å². The largest absolute Gasteiger partial charge is 0.271 e. The van der Waals surface area contributed by atoms with E-state index in [2.05, 4.69) is 6.07 Å². The van der Waals surface area contributed by atoms with E-state index in [0.717, 1.165) is 38.5 Å². The monoisotopic (exact) mass is 450 g/mol. The molecule has 0 fully saturated rings. The van der Waals surface area contributed by atoms with Gasteiger partial charge in [-0.2, -0.15) is 10.4 Å². The Kier molecular flexibility index (Phi) is 6.04. The van der Waals surface area contributed by atoms with E-state index < -0.39 is 11.8 Å². The van der Waals surface area contributed by atoms with Crippen molar-refractivity contribution in [3.63, 3.8) is 0 Å². The quantitative estimate of drug-likeness (QED) is 0.406.